The Labute approximate surface area is 145 Å². The molecule has 5 nitrogen and oxygen atoms in total. The summed E-state index contributed by atoms with van der Waals surface area (Å²) in [7, 11) is 0. The van der Waals surface area contributed by atoms with Crippen molar-refractivity contribution in [1.82, 2.24) is 5.32 Å². The van der Waals surface area contributed by atoms with Crippen LogP contribution < -0.4 is 11.1 Å². The lowest BCUT2D eigenvalue weighted by molar-refractivity contribution is -0.138. The van der Waals surface area contributed by atoms with Gasteiger partial charge in [0, 0.05) is 22.7 Å². The Morgan fingerprint density at radius 1 is 1.42 bits per heavy atom. The van der Waals surface area contributed by atoms with E-state index >= 15 is 0 Å². The average Bonchev–Trinajstić information content (AvgIpc) is 2.54. The molecule has 1 heterocycles. The normalized spacial score (nSPS) is 20.6. The van der Waals surface area contributed by atoms with Crippen LogP contribution in [0.15, 0.2) is 46.9 Å². The largest absolute Gasteiger partial charge is 0.463 e. The van der Waals surface area contributed by atoms with Crippen molar-refractivity contribution in [2.75, 3.05) is 6.61 Å². The molecule has 0 saturated heterocycles. The van der Waals surface area contributed by atoms with E-state index in [1.807, 2.05) is 6.07 Å². The Balaban J connectivity index is 2.17. The number of allylic oxidation sites excluding steroid dienone is 2. The van der Waals surface area contributed by atoms with Gasteiger partial charge in [-0.05, 0) is 37.5 Å². The number of benzene rings is 1. The van der Waals surface area contributed by atoms with Crippen molar-refractivity contribution in [2.24, 2.45) is 5.73 Å². The van der Waals surface area contributed by atoms with Gasteiger partial charge < -0.3 is 15.8 Å². The summed E-state index contributed by atoms with van der Waals surface area (Å²) in [6.45, 7) is 1.97. The van der Waals surface area contributed by atoms with Gasteiger partial charge in [-0.25, -0.2) is 4.79 Å². The van der Waals surface area contributed by atoms with Crippen LogP contribution in [-0.4, -0.2) is 18.4 Å². The van der Waals surface area contributed by atoms with Crippen molar-refractivity contribution >= 4 is 23.4 Å². The molecular weight excluding hydrogens is 328 g/mol. The predicted octanol–water partition coefficient (Wildman–Crippen LogP) is 2.77. The molecule has 2 aliphatic rings. The van der Waals surface area contributed by atoms with Crippen molar-refractivity contribution in [2.45, 2.75) is 32.1 Å². The van der Waals surface area contributed by atoms with Gasteiger partial charge in [0.15, 0.2) is 5.78 Å². The number of rotatable bonds is 3. The summed E-state index contributed by atoms with van der Waals surface area (Å²) in [5.74, 6) is -0.793. The molecule has 3 N–H and O–H groups in total. The predicted molar refractivity (Wildman–Crippen MR) is 91.1 cm³/mol. The lowest BCUT2D eigenvalue weighted by atomic mass is 9.76. The van der Waals surface area contributed by atoms with Gasteiger partial charge in [0.05, 0.1) is 18.1 Å². The van der Waals surface area contributed by atoms with Crippen LogP contribution in [0.4, 0.5) is 0 Å². The van der Waals surface area contributed by atoms with Gasteiger partial charge in [-0.2, -0.15) is 0 Å². The molecule has 0 amide bonds. The number of ketones is 1. The Morgan fingerprint density at radius 3 is 2.92 bits per heavy atom. The summed E-state index contributed by atoms with van der Waals surface area (Å²) < 4.78 is 5.17. The maximum atomic E-state index is 12.6. The van der Waals surface area contributed by atoms with E-state index in [1.165, 1.54) is 0 Å². The Morgan fingerprint density at radius 2 is 2.21 bits per heavy atom. The summed E-state index contributed by atoms with van der Waals surface area (Å²) >= 11 is 6.12. The quantitative estimate of drug-likeness (QED) is 0.822. The number of hydrogen-bond acceptors (Lipinski definition) is 5. The molecule has 0 fully saturated rings. The van der Waals surface area contributed by atoms with Crippen LogP contribution in [0.3, 0.4) is 0 Å². The molecule has 24 heavy (non-hydrogen) atoms. The third kappa shape index (κ3) is 2.91. The van der Waals surface area contributed by atoms with Crippen LogP contribution in [0, 0.1) is 0 Å². The molecule has 1 atom stereocenters. The molecule has 0 saturated carbocycles. The molecule has 6 heteroatoms. The van der Waals surface area contributed by atoms with Crippen molar-refractivity contribution in [3.8, 4) is 0 Å². The van der Waals surface area contributed by atoms with Gasteiger partial charge in [-0.1, -0.05) is 23.7 Å². The molecule has 1 aromatic carbocycles. The first-order valence-electron chi connectivity index (χ1n) is 7.98. The number of halogens is 1. The Kier molecular flexibility index (Phi) is 4.62. The van der Waals surface area contributed by atoms with Crippen molar-refractivity contribution in [3.63, 3.8) is 0 Å². The summed E-state index contributed by atoms with van der Waals surface area (Å²) in [5.41, 5.74) is 8.54. The minimum atomic E-state index is -0.549. The number of carbonyl (C=O) groups excluding carboxylic acids is 2. The Bertz CT molecular complexity index is 767. The van der Waals surface area contributed by atoms with Crippen LogP contribution >= 0.6 is 11.6 Å². The maximum absolute atomic E-state index is 12.6. The molecule has 1 aromatic rings. The number of ether oxygens (including phenoxy) is 1. The van der Waals surface area contributed by atoms with E-state index in [0.717, 1.165) is 24.1 Å². The molecule has 3 rings (SSSR count). The van der Waals surface area contributed by atoms with E-state index < -0.39 is 11.9 Å². The SMILES string of the molecule is CCOC(=O)C1=C(N)NC2=C(C(=O)CCC2)C1c1cccc(Cl)c1. The van der Waals surface area contributed by atoms with E-state index in [-0.39, 0.29) is 23.8 Å². The van der Waals surface area contributed by atoms with E-state index in [4.69, 9.17) is 22.1 Å². The second kappa shape index (κ2) is 6.69. The van der Waals surface area contributed by atoms with Gasteiger partial charge in [0.2, 0.25) is 0 Å². The van der Waals surface area contributed by atoms with Crippen molar-refractivity contribution < 1.29 is 14.3 Å². The fourth-order valence-corrected chi connectivity index (χ4v) is 3.51. The number of dihydropyridines is 1. The zero-order valence-corrected chi connectivity index (χ0v) is 14.2. The third-order valence-corrected chi connectivity index (χ3v) is 4.52. The fraction of sp³-hybridized carbons (Fsp3) is 0.333. The van der Waals surface area contributed by atoms with Gasteiger partial charge in [-0.3, -0.25) is 4.79 Å². The summed E-state index contributed by atoms with van der Waals surface area (Å²) in [4.78, 5) is 25.1. The highest BCUT2D eigenvalue weighted by Gasteiger charge is 2.39. The van der Waals surface area contributed by atoms with Gasteiger partial charge in [0.1, 0.15) is 5.82 Å². The second-order valence-electron chi connectivity index (χ2n) is 5.83. The highest BCUT2D eigenvalue weighted by molar-refractivity contribution is 6.30. The van der Waals surface area contributed by atoms with Crippen LogP contribution in [0.5, 0.6) is 0 Å². The van der Waals surface area contributed by atoms with Crippen molar-refractivity contribution in [1.29, 1.82) is 0 Å². The minimum absolute atomic E-state index is 0.0306. The first-order valence-corrected chi connectivity index (χ1v) is 8.36. The number of hydrogen-bond donors (Lipinski definition) is 2. The van der Waals surface area contributed by atoms with E-state index in [2.05, 4.69) is 5.32 Å². The average molecular weight is 347 g/mol. The van der Waals surface area contributed by atoms with Crippen LogP contribution in [0.1, 0.15) is 37.7 Å². The molecule has 1 aliphatic carbocycles. The standard InChI is InChI=1S/C18H19ClN2O3/c1-2-24-18(23)16-14(10-5-3-6-11(19)9-10)15-12(21-17(16)20)7-4-8-13(15)22/h3,5-6,9,14,21H,2,4,7-8,20H2,1H3. The summed E-state index contributed by atoms with van der Waals surface area (Å²) in [6, 6.07) is 7.16. The topological polar surface area (TPSA) is 81.4 Å². The fourth-order valence-electron chi connectivity index (χ4n) is 3.31. The Hall–Kier alpha value is -2.27. The number of esters is 1. The molecule has 0 bridgehead atoms. The monoisotopic (exact) mass is 346 g/mol. The van der Waals surface area contributed by atoms with Crippen LogP contribution in [0.2, 0.25) is 5.02 Å². The van der Waals surface area contributed by atoms with Gasteiger partial charge in [0.25, 0.3) is 0 Å². The van der Waals surface area contributed by atoms with Crippen molar-refractivity contribution in [3.05, 3.63) is 57.5 Å². The number of nitrogens with two attached hydrogens (primary N) is 1. The molecule has 0 aromatic heterocycles. The third-order valence-electron chi connectivity index (χ3n) is 4.29. The lowest BCUT2D eigenvalue weighted by Crippen LogP contribution is -2.37. The molecular formula is C18H19ClN2O3. The van der Waals surface area contributed by atoms with Crippen LogP contribution in [0.25, 0.3) is 0 Å². The minimum Gasteiger partial charge on any atom is -0.463 e. The first-order chi connectivity index (χ1) is 11.5. The maximum Gasteiger partial charge on any atom is 0.338 e. The second-order valence-corrected chi connectivity index (χ2v) is 6.27. The highest BCUT2D eigenvalue weighted by Crippen LogP contribution is 2.42. The number of nitrogens with one attached hydrogen (secondary N) is 1. The van der Waals surface area contributed by atoms with E-state index in [9.17, 15) is 9.59 Å². The number of carbonyl (C=O) groups is 2. The lowest BCUT2D eigenvalue weighted by Gasteiger charge is -2.33. The summed E-state index contributed by atoms with van der Waals surface area (Å²) in [5, 5.41) is 3.57. The molecule has 1 unspecified atom stereocenters. The zero-order chi connectivity index (χ0) is 17.3. The zero-order valence-electron chi connectivity index (χ0n) is 13.4. The summed E-state index contributed by atoms with van der Waals surface area (Å²) in [6.07, 6.45) is 1.97. The molecule has 0 radical (unpaired) electrons. The molecule has 1 aliphatic heterocycles. The molecule has 0 spiro atoms. The van der Waals surface area contributed by atoms with E-state index in [0.29, 0.717) is 17.0 Å². The van der Waals surface area contributed by atoms with Crippen LogP contribution in [-0.2, 0) is 14.3 Å². The highest BCUT2D eigenvalue weighted by atomic mass is 35.5. The number of Topliss-reactive ketones (excluding diaryl/α,β-unsaturated/α-hetero) is 1. The molecule has 126 valence electrons. The van der Waals surface area contributed by atoms with Gasteiger partial charge >= 0.3 is 5.97 Å². The van der Waals surface area contributed by atoms with Gasteiger partial charge in [-0.15, -0.1) is 0 Å². The smallest absolute Gasteiger partial charge is 0.338 e. The van der Waals surface area contributed by atoms with E-state index in [1.54, 1.807) is 25.1 Å². The first kappa shape index (κ1) is 16.6.